The van der Waals surface area contributed by atoms with Crippen molar-refractivity contribution >= 4 is 17.8 Å². The van der Waals surface area contributed by atoms with E-state index in [0.29, 0.717) is 12.5 Å². The Balaban J connectivity index is 2.05. The van der Waals surface area contributed by atoms with Gasteiger partial charge < -0.3 is 20.0 Å². The van der Waals surface area contributed by atoms with Gasteiger partial charge in [-0.1, -0.05) is 36.6 Å². The van der Waals surface area contributed by atoms with Crippen molar-refractivity contribution in [2.45, 2.75) is 59.2 Å². The van der Waals surface area contributed by atoms with Crippen LogP contribution in [0.15, 0.2) is 60.2 Å². The van der Waals surface area contributed by atoms with Gasteiger partial charge in [0, 0.05) is 36.3 Å². The molecule has 0 bridgehead atoms. The van der Waals surface area contributed by atoms with Gasteiger partial charge in [-0.25, -0.2) is 13.6 Å². The first-order valence-electron chi connectivity index (χ1n) is 13.4. The van der Waals surface area contributed by atoms with Crippen molar-refractivity contribution in [3.8, 4) is 11.8 Å². The first-order valence-corrected chi connectivity index (χ1v) is 13.4. The first kappa shape index (κ1) is 34.4. The molecule has 2 atom stereocenters. The minimum absolute atomic E-state index is 0.0139. The lowest BCUT2D eigenvalue weighted by Crippen LogP contribution is -2.62. The minimum Gasteiger partial charge on any atom is -0.381 e. The molecule has 0 saturated carbocycles. The van der Waals surface area contributed by atoms with Gasteiger partial charge in [0.25, 0.3) is 18.2 Å². The fraction of sp³-hybridized carbons (Fsp3) is 0.452. The number of halogens is 2. The molecule has 1 aromatic rings. The van der Waals surface area contributed by atoms with Crippen LogP contribution in [0.3, 0.4) is 0 Å². The largest absolute Gasteiger partial charge is 0.381 e. The molecule has 1 heterocycles. The Morgan fingerprint density at radius 2 is 1.76 bits per heavy atom. The standard InChI is InChI=1S/C31H39F2N3O6/c1-7-24(26(37)34-25(31(6,40)28(32)33)27(38)35-42-29(39)30(3,4)5)15-9-21(2)8-10-22-11-13-23(14-12-22)20-36-16-18-41-19-17-36/h7,9,11-15,25,28,40H,2,16-20H2,1,3-6H3,(H,34,37)(H,35,38)/b15-9-,24-7+/t25-,31+/m1/s1. The summed E-state index contributed by atoms with van der Waals surface area (Å²) in [5.74, 6) is 2.76. The lowest BCUT2D eigenvalue weighted by molar-refractivity contribution is -0.172. The van der Waals surface area contributed by atoms with E-state index in [-0.39, 0.29) is 5.57 Å². The number of ether oxygens (including phenoxy) is 1. The Bertz CT molecular complexity index is 1250. The molecule has 11 heteroatoms. The number of benzene rings is 1. The number of rotatable bonds is 9. The monoisotopic (exact) mass is 587 g/mol. The average Bonchev–Trinajstić information content (AvgIpc) is 2.94. The third-order valence-electron chi connectivity index (χ3n) is 6.29. The highest BCUT2D eigenvalue weighted by atomic mass is 19.3. The van der Waals surface area contributed by atoms with Gasteiger partial charge in [-0.05, 0) is 64.5 Å². The molecule has 1 fully saturated rings. The summed E-state index contributed by atoms with van der Waals surface area (Å²) in [7, 11) is 0. The van der Waals surface area contributed by atoms with E-state index in [9.17, 15) is 28.3 Å². The molecule has 1 saturated heterocycles. The zero-order valence-corrected chi connectivity index (χ0v) is 24.6. The van der Waals surface area contributed by atoms with Crippen LogP contribution in [0, 0.1) is 17.3 Å². The third kappa shape index (κ3) is 10.5. The number of hydrogen-bond donors (Lipinski definition) is 3. The minimum atomic E-state index is -3.42. The maximum atomic E-state index is 13.6. The van der Waals surface area contributed by atoms with Crippen LogP contribution >= 0.6 is 0 Å². The lowest BCUT2D eigenvalue weighted by atomic mass is 9.95. The molecule has 2 amide bonds. The highest BCUT2D eigenvalue weighted by Crippen LogP contribution is 2.21. The van der Waals surface area contributed by atoms with Crippen LogP contribution in [0.25, 0.3) is 0 Å². The second kappa shape index (κ2) is 15.4. The number of carbonyl (C=O) groups excluding carboxylic acids is 3. The topological polar surface area (TPSA) is 117 Å². The Labute approximate surface area is 245 Å². The second-order valence-electron chi connectivity index (χ2n) is 11.0. The van der Waals surface area contributed by atoms with E-state index in [1.807, 2.05) is 24.3 Å². The molecule has 9 nitrogen and oxygen atoms in total. The Hall–Kier alpha value is -3.85. The van der Waals surface area contributed by atoms with Crippen molar-refractivity contribution in [3.63, 3.8) is 0 Å². The third-order valence-corrected chi connectivity index (χ3v) is 6.29. The van der Waals surface area contributed by atoms with Crippen molar-refractivity contribution in [2.24, 2.45) is 5.41 Å². The van der Waals surface area contributed by atoms with Crippen LogP contribution in [0.2, 0.25) is 0 Å². The lowest BCUT2D eigenvalue weighted by Gasteiger charge is -2.31. The number of alkyl halides is 2. The fourth-order valence-corrected chi connectivity index (χ4v) is 3.52. The SMILES string of the molecule is C=C(C#Cc1ccc(CN2CCOCC2)cc1)/C=C\C(=C/C)C(=O)N[C@H](C(=O)NOC(=O)C(C)(C)C)[C@](C)(O)C(F)F. The first-order chi connectivity index (χ1) is 19.6. The van der Waals surface area contributed by atoms with Gasteiger partial charge >= 0.3 is 5.97 Å². The summed E-state index contributed by atoms with van der Waals surface area (Å²) in [6.45, 7) is 14.7. The van der Waals surface area contributed by atoms with Gasteiger partial charge in [0.05, 0.1) is 18.6 Å². The molecule has 0 radical (unpaired) electrons. The Kier molecular flexibility index (Phi) is 12.6. The molecule has 228 valence electrons. The zero-order chi connectivity index (χ0) is 31.5. The summed E-state index contributed by atoms with van der Waals surface area (Å²) >= 11 is 0. The number of morpholine rings is 1. The highest BCUT2D eigenvalue weighted by Gasteiger charge is 2.46. The zero-order valence-electron chi connectivity index (χ0n) is 24.6. The molecule has 1 aliphatic heterocycles. The average molecular weight is 588 g/mol. The summed E-state index contributed by atoms with van der Waals surface area (Å²) < 4.78 is 32.6. The quantitative estimate of drug-likeness (QED) is 0.176. The van der Waals surface area contributed by atoms with Gasteiger partial charge in [-0.3, -0.25) is 14.5 Å². The number of nitrogens with one attached hydrogen (secondary N) is 2. The van der Waals surface area contributed by atoms with E-state index >= 15 is 0 Å². The fourth-order valence-electron chi connectivity index (χ4n) is 3.52. The molecule has 1 aromatic carbocycles. The van der Waals surface area contributed by atoms with Gasteiger partial charge in [0.2, 0.25) is 0 Å². The molecule has 0 spiro atoms. The normalized spacial score (nSPS) is 16.6. The number of hydrogen-bond acceptors (Lipinski definition) is 7. The Morgan fingerprint density at radius 1 is 1.14 bits per heavy atom. The van der Waals surface area contributed by atoms with Crippen LogP contribution < -0.4 is 10.8 Å². The molecule has 0 aliphatic carbocycles. The number of carbonyl (C=O) groups is 3. The molecule has 0 unspecified atom stereocenters. The Morgan fingerprint density at radius 3 is 2.31 bits per heavy atom. The van der Waals surface area contributed by atoms with Crippen LogP contribution in [0.1, 0.15) is 45.7 Å². The summed E-state index contributed by atoms with van der Waals surface area (Å²) in [6, 6.07) is 5.67. The van der Waals surface area contributed by atoms with Crippen molar-refractivity contribution in [3.05, 3.63) is 71.3 Å². The number of amides is 2. The van der Waals surface area contributed by atoms with E-state index < -0.39 is 41.3 Å². The van der Waals surface area contributed by atoms with E-state index in [4.69, 9.17) is 4.74 Å². The van der Waals surface area contributed by atoms with Gasteiger partial charge in [-0.2, -0.15) is 5.48 Å². The van der Waals surface area contributed by atoms with E-state index in [1.54, 1.807) is 5.48 Å². The van der Waals surface area contributed by atoms with Crippen molar-refractivity contribution in [2.75, 3.05) is 26.3 Å². The summed E-state index contributed by atoms with van der Waals surface area (Å²) in [5.41, 5.74) is 0.0442. The number of hydroxylamine groups is 1. The number of aliphatic hydroxyl groups is 1. The van der Waals surface area contributed by atoms with Crippen LogP contribution in [-0.2, 0) is 30.5 Å². The molecule has 3 N–H and O–H groups in total. The smallest absolute Gasteiger partial charge is 0.337 e. The van der Waals surface area contributed by atoms with Crippen molar-refractivity contribution in [1.82, 2.24) is 15.7 Å². The molecule has 1 aliphatic rings. The second-order valence-corrected chi connectivity index (χ2v) is 11.0. The molecular weight excluding hydrogens is 548 g/mol. The van der Waals surface area contributed by atoms with Gasteiger partial charge in [0.15, 0.2) is 5.60 Å². The predicted molar refractivity (Wildman–Crippen MR) is 154 cm³/mol. The maximum absolute atomic E-state index is 13.6. The van der Waals surface area contributed by atoms with Crippen LogP contribution in [0.4, 0.5) is 8.78 Å². The highest BCUT2D eigenvalue weighted by molar-refractivity contribution is 5.99. The summed E-state index contributed by atoms with van der Waals surface area (Å²) in [5, 5.41) is 12.4. The van der Waals surface area contributed by atoms with Gasteiger partial charge in [-0.15, -0.1) is 0 Å². The number of allylic oxidation sites excluding steroid dienone is 3. The van der Waals surface area contributed by atoms with E-state index in [1.165, 1.54) is 45.9 Å². The molecule has 2 rings (SSSR count). The summed E-state index contributed by atoms with van der Waals surface area (Å²) in [4.78, 5) is 44.4. The molecule has 42 heavy (non-hydrogen) atoms. The number of nitrogens with zero attached hydrogens (tertiary/aromatic N) is 1. The van der Waals surface area contributed by atoms with Crippen molar-refractivity contribution in [1.29, 1.82) is 0 Å². The van der Waals surface area contributed by atoms with Gasteiger partial charge in [0.1, 0.15) is 6.04 Å². The molecule has 0 aromatic heterocycles. The van der Waals surface area contributed by atoms with E-state index in [2.05, 4.69) is 33.5 Å². The maximum Gasteiger partial charge on any atom is 0.337 e. The predicted octanol–water partition coefficient (Wildman–Crippen LogP) is 3.05. The van der Waals surface area contributed by atoms with Crippen LogP contribution in [-0.4, -0.2) is 72.2 Å². The van der Waals surface area contributed by atoms with Crippen LogP contribution in [0.5, 0.6) is 0 Å². The summed E-state index contributed by atoms with van der Waals surface area (Å²) in [6.07, 6.45) is 0.773. The molecular formula is C31H39F2N3O6. The van der Waals surface area contributed by atoms with Crippen molar-refractivity contribution < 1.29 is 37.8 Å². The van der Waals surface area contributed by atoms with E-state index in [0.717, 1.165) is 44.0 Å².